The maximum absolute atomic E-state index is 12.5. The predicted octanol–water partition coefficient (Wildman–Crippen LogP) is 3.52. The second kappa shape index (κ2) is 8.62. The number of pyridine rings is 1. The Morgan fingerprint density at radius 1 is 1.04 bits per heavy atom. The van der Waals surface area contributed by atoms with Crippen molar-refractivity contribution >= 4 is 17.4 Å². The molecule has 0 atom stereocenters. The molecule has 1 fully saturated rings. The zero-order valence-corrected chi connectivity index (χ0v) is 15.9. The second-order valence-electron chi connectivity index (χ2n) is 6.42. The third-order valence-electron chi connectivity index (χ3n) is 4.65. The minimum absolute atomic E-state index is 0.0720. The summed E-state index contributed by atoms with van der Waals surface area (Å²) in [6.07, 6.45) is 6.06. The van der Waals surface area contributed by atoms with E-state index < -0.39 is 0 Å². The number of anilines is 2. The molecule has 1 aromatic heterocycles. The summed E-state index contributed by atoms with van der Waals surface area (Å²) in [5.74, 6) is 2.08. The van der Waals surface area contributed by atoms with E-state index in [1.165, 1.54) is 12.8 Å². The smallest absolute Gasteiger partial charge is 0.251 e. The highest BCUT2D eigenvalue weighted by Gasteiger charge is 2.18. The van der Waals surface area contributed by atoms with Crippen molar-refractivity contribution in [3.63, 3.8) is 0 Å². The molecular formula is C20H25N3O4. The zero-order valence-electron chi connectivity index (χ0n) is 15.9. The molecule has 1 aromatic carbocycles. The molecule has 0 saturated heterocycles. The van der Waals surface area contributed by atoms with Crippen molar-refractivity contribution in [2.45, 2.75) is 31.7 Å². The first kappa shape index (κ1) is 18.8. The van der Waals surface area contributed by atoms with Gasteiger partial charge in [0, 0.05) is 35.6 Å². The largest absolute Gasteiger partial charge is 0.493 e. The van der Waals surface area contributed by atoms with Crippen LogP contribution in [0, 0.1) is 0 Å². The Bertz CT molecular complexity index is 779. The van der Waals surface area contributed by atoms with Gasteiger partial charge in [-0.25, -0.2) is 4.98 Å². The summed E-state index contributed by atoms with van der Waals surface area (Å²) in [5.41, 5.74) is 1.29. The molecule has 2 N–H and O–H groups in total. The molecule has 144 valence electrons. The number of ether oxygens (including phenoxy) is 3. The van der Waals surface area contributed by atoms with E-state index in [4.69, 9.17) is 14.2 Å². The van der Waals surface area contributed by atoms with Gasteiger partial charge in [0.1, 0.15) is 5.82 Å². The lowest BCUT2D eigenvalue weighted by molar-refractivity contribution is 0.0938. The minimum atomic E-state index is -0.0720. The normalized spacial score (nSPS) is 13.9. The third-order valence-corrected chi connectivity index (χ3v) is 4.65. The molecule has 27 heavy (non-hydrogen) atoms. The van der Waals surface area contributed by atoms with Gasteiger partial charge in [-0.15, -0.1) is 0 Å². The molecule has 1 aliphatic rings. The molecule has 3 rings (SSSR count). The van der Waals surface area contributed by atoms with E-state index in [2.05, 4.69) is 15.6 Å². The number of hydrogen-bond donors (Lipinski definition) is 2. The van der Waals surface area contributed by atoms with Crippen LogP contribution in [0.25, 0.3) is 0 Å². The molecule has 1 heterocycles. The Labute approximate surface area is 159 Å². The summed E-state index contributed by atoms with van der Waals surface area (Å²) >= 11 is 0. The monoisotopic (exact) mass is 371 g/mol. The van der Waals surface area contributed by atoms with Crippen LogP contribution in [0.15, 0.2) is 30.5 Å². The Morgan fingerprint density at radius 2 is 1.70 bits per heavy atom. The molecule has 2 aromatic rings. The lowest BCUT2D eigenvalue weighted by Gasteiger charge is -2.15. The molecule has 1 amide bonds. The van der Waals surface area contributed by atoms with Gasteiger partial charge < -0.3 is 24.8 Å². The van der Waals surface area contributed by atoms with E-state index >= 15 is 0 Å². The number of hydrogen-bond acceptors (Lipinski definition) is 6. The van der Waals surface area contributed by atoms with Gasteiger partial charge >= 0.3 is 0 Å². The van der Waals surface area contributed by atoms with Crippen molar-refractivity contribution in [1.29, 1.82) is 0 Å². The number of amides is 1. The number of carbonyl (C=O) groups is 1. The molecule has 0 unspecified atom stereocenters. The summed E-state index contributed by atoms with van der Waals surface area (Å²) in [4.78, 5) is 16.8. The summed E-state index contributed by atoms with van der Waals surface area (Å²) in [5, 5.41) is 6.27. The van der Waals surface area contributed by atoms with Gasteiger partial charge in [0.25, 0.3) is 5.91 Å². The van der Waals surface area contributed by atoms with Crippen molar-refractivity contribution in [1.82, 2.24) is 10.3 Å². The molecule has 0 aliphatic heterocycles. The first-order chi connectivity index (χ1) is 13.1. The average Bonchev–Trinajstić information content (AvgIpc) is 3.20. The first-order valence-corrected chi connectivity index (χ1v) is 8.98. The van der Waals surface area contributed by atoms with E-state index in [1.54, 1.807) is 51.8 Å². The quantitative estimate of drug-likeness (QED) is 0.775. The minimum Gasteiger partial charge on any atom is -0.493 e. The van der Waals surface area contributed by atoms with E-state index in [9.17, 15) is 4.79 Å². The van der Waals surface area contributed by atoms with Gasteiger partial charge in [0.2, 0.25) is 5.75 Å². The topological polar surface area (TPSA) is 81.7 Å². The van der Waals surface area contributed by atoms with Crippen molar-refractivity contribution in [3.05, 3.63) is 36.0 Å². The number of benzene rings is 1. The standard InChI is InChI=1S/C20H25N3O4/c1-25-16-11-15(12-17(26-2)19(16)27-3)22-18-10-13(8-9-21-18)20(24)23-14-6-4-5-7-14/h8-12,14H,4-7H2,1-3H3,(H,21,22)(H,23,24). The Hall–Kier alpha value is -2.96. The van der Waals surface area contributed by atoms with Crippen LogP contribution in [0.5, 0.6) is 17.2 Å². The van der Waals surface area contributed by atoms with Crippen LogP contribution in [0.1, 0.15) is 36.0 Å². The summed E-state index contributed by atoms with van der Waals surface area (Å²) < 4.78 is 16.1. The highest BCUT2D eigenvalue weighted by Crippen LogP contribution is 2.40. The fourth-order valence-corrected chi connectivity index (χ4v) is 3.28. The van der Waals surface area contributed by atoms with Crippen LogP contribution in [-0.2, 0) is 0 Å². The number of aromatic nitrogens is 1. The SMILES string of the molecule is COc1cc(Nc2cc(C(=O)NC3CCCC3)ccn2)cc(OC)c1OC. The van der Waals surface area contributed by atoms with Crippen LogP contribution in [-0.4, -0.2) is 38.3 Å². The van der Waals surface area contributed by atoms with E-state index in [0.717, 1.165) is 12.8 Å². The van der Waals surface area contributed by atoms with Crippen LogP contribution in [0.4, 0.5) is 11.5 Å². The van der Waals surface area contributed by atoms with E-state index in [-0.39, 0.29) is 11.9 Å². The molecular weight excluding hydrogens is 346 g/mol. The van der Waals surface area contributed by atoms with Gasteiger partial charge in [0.05, 0.1) is 21.3 Å². The lowest BCUT2D eigenvalue weighted by atomic mass is 10.2. The third kappa shape index (κ3) is 4.42. The second-order valence-corrected chi connectivity index (χ2v) is 6.42. The maximum atomic E-state index is 12.5. The highest BCUT2D eigenvalue weighted by atomic mass is 16.5. The lowest BCUT2D eigenvalue weighted by Crippen LogP contribution is -2.32. The van der Waals surface area contributed by atoms with Crippen molar-refractivity contribution in [2.75, 3.05) is 26.6 Å². The Balaban J connectivity index is 1.78. The first-order valence-electron chi connectivity index (χ1n) is 8.98. The van der Waals surface area contributed by atoms with Crippen LogP contribution in [0.2, 0.25) is 0 Å². The summed E-state index contributed by atoms with van der Waals surface area (Å²) in [7, 11) is 4.68. The van der Waals surface area contributed by atoms with Crippen molar-refractivity contribution < 1.29 is 19.0 Å². The fourth-order valence-electron chi connectivity index (χ4n) is 3.28. The molecule has 7 heteroatoms. The van der Waals surface area contributed by atoms with E-state index in [0.29, 0.717) is 34.3 Å². The maximum Gasteiger partial charge on any atom is 0.251 e. The van der Waals surface area contributed by atoms with Crippen LogP contribution < -0.4 is 24.8 Å². The molecule has 7 nitrogen and oxygen atoms in total. The van der Waals surface area contributed by atoms with Crippen LogP contribution in [0.3, 0.4) is 0 Å². The Morgan fingerprint density at radius 3 is 2.30 bits per heavy atom. The number of rotatable bonds is 7. The molecule has 1 saturated carbocycles. The molecule has 1 aliphatic carbocycles. The average molecular weight is 371 g/mol. The van der Waals surface area contributed by atoms with Gasteiger partial charge in [-0.2, -0.15) is 0 Å². The molecule has 0 bridgehead atoms. The summed E-state index contributed by atoms with van der Waals surface area (Å²) in [6, 6.07) is 7.29. The van der Waals surface area contributed by atoms with E-state index in [1.807, 2.05) is 0 Å². The predicted molar refractivity (Wildman–Crippen MR) is 103 cm³/mol. The number of carbonyl (C=O) groups excluding carboxylic acids is 1. The molecule has 0 spiro atoms. The highest BCUT2D eigenvalue weighted by molar-refractivity contribution is 5.95. The van der Waals surface area contributed by atoms with Crippen LogP contribution >= 0.6 is 0 Å². The molecule has 0 radical (unpaired) electrons. The van der Waals surface area contributed by atoms with Gasteiger partial charge in [-0.05, 0) is 25.0 Å². The van der Waals surface area contributed by atoms with Gasteiger partial charge in [-0.1, -0.05) is 12.8 Å². The fraction of sp³-hybridized carbons (Fsp3) is 0.400. The Kier molecular flexibility index (Phi) is 6.01. The number of nitrogens with one attached hydrogen (secondary N) is 2. The van der Waals surface area contributed by atoms with Gasteiger partial charge in [0.15, 0.2) is 11.5 Å². The van der Waals surface area contributed by atoms with Crippen molar-refractivity contribution in [3.8, 4) is 17.2 Å². The van der Waals surface area contributed by atoms with Gasteiger partial charge in [-0.3, -0.25) is 4.79 Å². The number of nitrogens with zero attached hydrogens (tertiary/aromatic N) is 1. The zero-order chi connectivity index (χ0) is 19.2. The number of methoxy groups -OCH3 is 3. The summed E-state index contributed by atoms with van der Waals surface area (Å²) in [6.45, 7) is 0. The van der Waals surface area contributed by atoms with Crippen molar-refractivity contribution in [2.24, 2.45) is 0 Å².